The van der Waals surface area contributed by atoms with Crippen molar-refractivity contribution in [2.24, 2.45) is 0 Å². The molecule has 55 heavy (non-hydrogen) atoms. The van der Waals surface area contributed by atoms with Crippen LogP contribution in [0.1, 0.15) is 25.0 Å². The minimum Gasteiger partial charge on any atom is -0.455 e. The van der Waals surface area contributed by atoms with E-state index in [4.69, 9.17) is 4.42 Å². The fourth-order valence-corrected chi connectivity index (χ4v) is 9.19. The molecule has 1 aliphatic carbocycles. The van der Waals surface area contributed by atoms with Gasteiger partial charge in [0.2, 0.25) is 0 Å². The van der Waals surface area contributed by atoms with Crippen LogP contribution in [0.5, 0.6) is 0 Å². The molecule has 11 rings (SSSR count). The molecule has 0 amide bonds. The number of benzene rings is 9. The predicted molar refractivity (Wildman–Crippen MR) is 232 cm³/mol. The molecule has 1 aliphatic rings. The third-order valence-electron chi connectivity index (χ3n) is 11.8. The number of hydrogen-bond acceptors (Lipinski definition) is 2. The topological polar surface area (TPSA) is 16.4 Å². The maximum absolute atomic E-state index is 7.06. The number of nitrogens with zero attached hydrogens (tertiary/aromatic N) is 1. The first kappa shape index (κ1) is 31.6. The van der Waals surface area contributed by atoms with E-state index < -0.39 is 0 Å². The maximum atomic E-state index is 7.06. The molecule has 9 aromatic carbocycles. The second-order valence-electron chi connectivity index (χ2n) is 15.3. The molecule has 10 aromatic rings. The van der Waals surface area contributed by atoms with E-state index >= 15 is 0 Å². The average molecular weight is 704 g/mol. The molecular weight excluding hydrogens is 667 g/mol. The second kappa shape index (κ2) is 12.1. The zero-order chi connectivity index (χ0) is 36.7. The van der Waals surface area contributed by atoms with Gasteiger partial charge in [-0.3, -0.25) is 0 Å². The van der Waals surface area contributed by atoms with Crippen molar-refractivity contribution in [1.29, 1.82) is 0 Å². The quantitative estimate of drug-likeness (QED) is 0.177. The molecular formula is C53H37NO. The number of furan rings is 1. The van der Waals surface area contributed by atoms with Gasteiger partial charge in [0.1, 0.15) is 11.2 Å². The Morgan fingerprint density at radius 3 is 1.93 bits per heavy atom. The van der Waals surface area contributed by atoms with E-state index in [-0.39, 0.29) is 5.41 Å². The molecule has 0 spiro atoms. The van der Waals surface area contributed by atoms with Crippen molar-refractivity contribution in [3.05, 3.63) is 199 Å². The van der Waals surface area contributed by atoms with Gasteiger partial charge in [-0.15, -0.1) is 0 Å². The van der Waals surface area contributed by atoms with Crippen molar-refractivity contribution >= 4 is 60.5 Å². The van der Waals surface area contributed by atoms with Gasteiger partial charge >= 0.3 is 0 Å². The summed E-state index contributed by atoms with van der Waals surface area (Å²) in [7, 11) is 0. The van der Waals surface area contributed by atoms with Crippen LogP contribution in [0.15, 0.2) is 192 Å². The van der Waals surface area contributed by atoms with Gasteiger partial charge in [0, 0.05) is 27.7 Å². The SMILES string of the molecule is CC1(C)c2ccccc2-c2ccc(N(c3ccc(-c4ccccc4)cc3)c3cccc4oc5c(-c6cccc7ccccc67)c6ccccc6cc5c34)cc21. The fraction of sp³-hybridized carbons (Fsp3) is 0.0566. The van der Waals surface area contributed by atoms with Gasteiger partial charge in [0.15, 0.2) is 0 Å². The van der Waals surface area contributed by atoms with Gasteiger partial charge in [-0.05, 0) is 103 Å². The van der Waals surface area contributed by atoms with Gasteiger partial charge in [0.05, 0.1) is 11.1 Å². The largest absolute Gasteiger partial charge is 0.455 e. The standard InChI is InChI=1S/C53H37NO/c1-53(2)46-23-11-10-21-42(46)43-31-30-39(33-47(43)53)54(38-28-26-35(27-29-38)34-14-4-3-5-15-34)48-24-13-25-49-51(48)45-32-37-17-7-9-20-41(37)50(52(45)55-49)44-22-12-18-36-16-6-8-19-40(36)44/h3-33H,1-2H3. The molecule has 0 N–H and O–H groups in total. The maximum Gasteiger partial charge on any atom is 0.143 e. The average Bonchev–Trinajstić information content (AvgIpc) is 3.72. The highest BCUT2D eigenvalue weighted by Gasteiger charge is 2.36. The van der Waals surface area contributed by atoms with E-state index in [2.05, 4.69) is 207 Å². The Morgan fingerprint density at radius 1 is 0.436 bits per heavy atom. The van der Waals surface area contributed by atoms with Gasteiger partial charge in [-0.25, -0.2) is 0 Å². The van der Waals surface area contributed by atoms with Crippen molar-refractivity contribution < 1.29 is 4.42 Å². The highest BCUT2D eigenvalue weighted by molar-refractivity contribution is 6.23. The number of hydrogen-bond donors (Lipinski definition) is 0. The highest BCUT2D eigenvalue weighted by atomic mass is 16.3. The summed E-state index contributed by atoms with van der Waals surface area (Å²) in [6.45, 7) is 4.70. The van der Waals surface area contributed by atoms with Crippen LogP contribution in [0, 0.1) is 0 Å². The molecule has 0 saturated carbocycles. The van der Waals surface area contributed by atoms with Crippen LogP contribution in [-0.4, -0.2) is 0 Å². The predicted octanol–water partition coefficient (Wildman–Crippen LogP) is 15.0. The zero-order valence-corrected chi connectivity index (χ0v) is 30.8. The van der Waals surface area contributed by atoms with Gasteiger partial charge < -0.3 is 9.32 Å². The first-order chi connectivity index (χ1) is 27.0. The van der Waals surface area contributed by atoms with E-state index in [1.54, 1.807) is 0 Å². The molecule has 1 heterocycles. The van der Waals surface area contributed by atoms with Crippen LogP contribution in [0.4, 0.5) is 17.1 Å². The lowest BCUT2D eigenvalue weighted by molar-refractivity contribution is 0.660. The van der Waals surface area contributed by atoms with Crippen molar-refractivity contribution in [2.45, 2.75) is 19.3 Å². The van der Waals surface area contributed by atoms with Gasteiger partial charge in [-0.2, -0.15) is 0 Å². The Balaban J connectivity index is 1.19. The first-order valence-corrected chi connectivity index (χ1v) is 19.1. The van der Waals surface area contributed by atoms with Crippen LogP contribution < -0.4 is 4.90 Å². The van der Waals surface area contributed by atoms with E-state index in [0.717, 1.165) is 44.6 Å². The van der Waals surface area contributed by atoms with Crippen LogP contribution in [0.25, 0.3) is 76.9 Å². The monoisotopic (exact) mass is 703 g/mol. The summed E-state index contributed by atoms with van der Waals surface area (Å²) < 4.78 is 7.06. The highest BCUT2D eigenvalue weighted by Crippen LogP contribution is 2.52. The van der Waals surface area contributed by atoms with E-state index in [9.17, 15) is 0 Å². The summed E-state index contributed by atoms with van der Waals surface area (Å²) in [5, 5.41) is 6.99. The molecule has 0 aliphatic heterocycles. The van der Waals surface area contributed by atoms with Gasteiger partial charge in [0.25, 0.3) is 0 Å². The molecule has 0 atom stereocenters. The Bertz CT molecular complexity index is 3110. The normalized spacial score (nSPS) is 13.1. The summed E-state index contributed by atoms with van der Waals surface area (Å²) in [6, 6.07) is 68.3. The number of rotatable bonds is 5. The summed E-state index contributed by atoms with van der Waals surface area (Å²) in [5.41, 5.74) is 15.0. The van der Waals surface area contributed by atoms with Crippen molar-refractivity contribution in [3.8, 4) is 33.4 Å². The van der Waals surface area contributed by atoms with Crippen molar-refractivity contribution in [3.63, 3.8) is 0 Å². The third-order valence-corrected chi connectivity index (χ3v) is 11.8. The van der Waals surface area contributed by atoms with E-state index in [1.165, 1.54) is 60.5 Å². The molecule has 0 fully saturated rings. The lowest BCUT2D eigenvalue weighted by Gasteiger charge is -2.29. The molecule has 0 unspecified atom stereocenters. The number of fused-ring (bicyclic) bond motifs is 8. The first-order valence-electron chi connectivity index (χ1n) is 19.1. The molecule has 1 aromatic heterocycles. The molecule has 0 bridgehead atoms. The Hall–Kier alpha value is -6.90. The van der Waals surface area contributed by atoms with Crippen LogP contribution in [-0.2, 0) is 5.41 Å². The zero-order valence-electron chi connectivity index (χ0n) is 30.8. The Kier molecular flexibility index (Phi) is 6.93. The van der Waals surface area contributed by atoms with E-state index in [1.807, 2.05) is 0 Å². The Labute approximate surface area is 320 Å². The molecule has 2 nitrogen and oxygen atoms in total. The molecule has 0 radical (unpaired) electrons. The Morgan fingerprint density at radius 2 is 1.07 bits per heavy atom. The van der Waals surface area contributed by atoms with Gasteiger partial charge in [-0.1, -0.05) is 159 Å². The third kappa shape index (κ3) is 4.81. The van der Waals surface area contributed by atoms with Crippen LogP contribution >= 0.6 is 0 Å². The van der Waals surface area contributed by atoms with Crippen molar-refractivity contribution in [2.75, 3.05) is 4.90 Å². The fourth-order valence-electron chi connectivity index (χ4n) is 9.19. The summed E-state index contributed by atoms with van der Waals surface area (Å²) in [5.74, 6) is 0. The van der Waals surface area contributed by atoms with Crippen LogP contribution in [0.3, 0.4) is 0 Å². The molecule has 2 heteroatoms. The minimum atomic E-state index is -0.134. The lowest BCUT2D eigenvalue weighted by atomic mass is 9.82. The molecule has 260 valence electrons. The second-order valence-corrected chi connectivity index (χ2v) is 15.3. The summed E-state index contributed by atoms with van der Waals surface area (Å²) in [6.07, 6.45) is 0. The molecule has 0 saturated heterocycles. The van der Waals surface area contributed by atoms with Crippen molar-refractivity contribution in [1.82, 2.24) is 0 Å². The number of anilines is 3. The minimum absolute atomic E-state index is 0.134. The summed E-state index contributed by atoms with van der Waals surface area (Å²) in [4.78, 5) is 2.43. The van der Waals surface area contributed by atoms with Crippen LogP contribution in [0.2, 0.25) is 0 Å². The lowest BCUT2D eigenvalue weighted by Crippen LogP contribution is -2.16. The van der Waals surface area contributed by atoms with E-state index in [0.29, 0.717) is 0 Å². The summed E-state index contributed by atoms with van der Waals surface area (Å²) >= 11 is 0. The smallest absolute Gasteiger partial charge is 0.143 e.